The second-order valence-corrected chi connectivity index (χ2v) is 7.33. The largest absolute Gasteiger partial charge is 0.293 e. The molecule has 0 bridgehead atoms. The summed E-state index contributed by atoms with van der Waals surface area (Å²) in [5.41, 5.74) is 5.17. The summed E-state index contributed by atoms with van der Waals surface area (Å²) in [6, 6.07) is 14.1. The number of carbonyl (C=O) groups excluding carboxylic acids is 1. The van der Waals surface area contributed by atoms with Gasteiger partial charge in [-0.2, -0.15) is 0 Å². The van der Waals surface area contributed by atoms with Gasteiger partial charge in [0.1, 0.15) is 0 Å². The van der Waals surface area contributed by atoms with Gasteiger partial charge in [0.05, 0.1) is 9.65 Å². The fraction of sp³-hybridized carbons (Fsp3) is 0.278. The zero-order valence-corrected chi connectivity index (χ0v) is 15.5. The molecule has 0 saturated heterocycles. The third-order valence-corrected chi connectivity index (χ3v) is 6.26. The number of Topliss-reactive ketones (excluding diaryl/α,β-unsaturated/α-hetero) is 1. The normalized spacial score (nSPS) is 13.8. The van der Waals surface area contributed by atoms with Crippen LogP contribution in [0.4, 0.5) is 0 Å². The number of carbonyl (C=O) groups is 1. The average molecular weight is 410 g/mol. The molecule has 2 rings (SSSR count). The van der Waals surface area contributed by atoms with Crippen LogP contribution in [0.2, 0.25) is 0 Å². The van der Waals surface area contributed by atoms with Gasteiger partial charge in [-0.15, -0.1) is 0 Å². The van der Waals surface area contributed by atoms with Crippen molar-refractivity contribution in [3.05, 3.63) is 70.3 Å². The smallest absolute Gasteiger partial charge is 0.178 e. The van der Waals surface area contributed by atoms with Crippen molar-refractivity contribution in [3.63, 3.8) is 0 Å². The molecule has 0 aromatic heterocycles. The van der Waals surface area contributed by atoms with Crippen molar-refractivity contribution in [1.82, 2.24) is 0 Å². The van der Waals surface area contributed by atoms with E-state index in [1.54, 1.807) is 0 Å². The maximum absolute atomic E-state index is 12.8. The molecule has 0 unspecified atom stereocenters. The first-order valence-electron chi connectivity index (χ1n) is 6.87. The molecule has 0 aliphatic carbocycles. The van der Waals surface area contributed by atoms with E-state index in [1.807, 2.05) is 44.2 Å². The maximum atomic E-state index is 12.8. The molecule has 0 radical (unpaired) electrons. The summed E-state index contributed by atoms with van der Waals surface area (Å²) in [6.45, 7) is 6.05. The number of hydrogen-bond donors (Lipinski definition) is 0. The molecule has 0 heterocycles. The average Bonchev–Trinajstić information content (AvgIpc) is 2.45. The maximum Gasteiger partial charge on any atom is 0.178 e. The Labute approximate surface area is 143 Å². The van der Waals surface area contributed by atoms with Gasteiger partial charge in [0.15, 0.2) is 5.78 Å². The quantitative estimate of drug-likeness (QED) is 0.467. The topological polar surface area (TPSA) is 17.1 Å². The summed E-state index contributed by atoms with van der Waals surface area (Å²) in [4.78, 5) is 12.5. The summed E-state index contributed by atoms with van der Waals surface area (Å²) >= 11 is 7.22. The molecule has 0 amide bonds. The Balaban J connectivity index is 2.32. The van der Waals surface area contributed by atoms with Crippen LogP contribution in [0.25, 0.3) is 0 Å². The highest BCUT2D eigenvalue weighted by molar-refractivity contribution is 9.12. The molecular formula is C18H18Br2O. The van der Waals surface area contributed by atoms with E-state index < -0.39 is 0 Å². The van der Waals surface area contributed by atoms with E-state index in [4.69, 9.17) is 0 Å². The summed E-state index contributed by atoms with van der Waals surface area (Å²) in [5, 5.41) is 0. The molecule has 2 atom stereocenters. The molecular weight excluding hydrogens is 392 g/mol. The van der Waals surface area contributed by atoms with Gasteiger partial charge in [0.2, 0.25) is 0 Å². The number of benzene rings is 2. The van der Waals surface area contributed by atoms with Crippen molar-refractivity contribution in [3.8, 4) is 0 Å². The second kappa shape index (κ2) is 6.89. The number of ketones is 1. The summed E-state index contributed by atoms with van der Waals surface area (Å²) in [7, 11) is 0. The molecule has 0 saturated carbocycles. The number of halogens is 2. The van der Waals surface area contributed by atoms with E-state index in [1.165, 1.54) is 5.56 Å². The predicted molar refractivity (Wildman–Crippen MR) is 95.8 cm³/mol. The van der Waals surface area contributed by atoms with Crippen LogP contribution in [0.15, 0.2) is 42.5 Å². The predicted octanol–water partition coefficient (Wildman–Crippen LogP) is 5.69. The number of hydrogen-bond acceptors (Lipinski definition) is 1. The van der Waals surface area contributed by atoms with Gasteiger partial charge in [-0.05, 0) is 37.5 Å². The zero-order valence-electron chi connectivity index (χ0n) is 12.4. The highest BCUT2D eigenvalue weighted by Crippen LogP contribution is 2.34. The number of rotatable bonds is 4. The van der Waals surface area contributed by atoms with Crippen molar-refractivity contribution >= 4 is 37.6 Å². The van der Waals surface area contributed by atoms with Crippen molar-refractivity contribution < 1.29 is 4.79 Å². The van der Waals surface area contributed by atoms with Crippen molar-refractivity contribution in [2.75, 3.05) is 0 Å². The molecule has 0 spiro atoms. The fourth-order valence-electron chi connectivity index (χ4n) is 2.65. The Morgan fingerprint density at radius 3 is 2.00 bits per heavy atom. The molecule has 3 heteroatoms. The first kappa shape index (κ1) is 16.4. The third-order valence-electron chi connectivity index (χ3n) is 3.55. The van der Waals surface area contributed by atoms with Crippen molar-refractivity contribution in [2.24, 2.45) is 0 Å². The van der Waals surface area contributed by atoms with E-state index in [9.17, 15) is 4.79 Å². The second-order valence-electron chi connectivity index (χ2n) is 5.35. The molecule has 0 aliphatic rings. The minimum Gasteiger partial charge on any atom is -0.293 e. The Morgan fingerprint density at radius 1 is 0.952 bits per heavy atom. The minimum absolute atomic E-state index is 0.0497. The summed E-state index contributed by atoms with van der Waals surface area (Å²) in [5.74, 6) is 0.121. The van der Waals surface area contributed by atoms with Crippen LogP contribution in [0.5, 0.6) is 0 Å². The summed E-state index contributed by atoms with van der Waals surface area (Å²) < 4.78 is 0. The van der Waals surface area contributed by atoms with Crippen LogP contribution < -0.4 is 0 Å². The standard InChI is InChI=1S/C18H18Br2O/c1-11-9-12(2)15(13(3)10-11)18(21)17(20)16(19)14-7-5-4-6-8-14/h4-10,16-17H,1-3H3/t16-,17+/m0/s1. The van der Waals surface area contributed by atoms with Gasteiger partial charge < -0.3 is 0 Å². The van der Waals surface area contributed by atoms with Crippen LogP contribution in [0, 0.1) is 20.8 Å². The van der Waals surface area contributed by atoms with Gasteiger partial charge in [-0.3, -0.25) is 4.79 Å². The van der Waals surface area contributed by atoms with E-state index in [0.29, 0.717) is 0 Å². The Morgan fingerprint density at radius 2 is 1.48 bits per heavy atom. The van der Waals surface area contributed by atoms with Crippen molar-refractivity contribution in [2.45, 2.75) is 30.4 Å². The highest BCUT2D eigenvalue weighted by Gasteiger charge is 2.27. The van der Waals surface area contributed by atoms with E-state index in [2.05, 4.69) is 50.9 Å². The molecule has 21 heavy (non-hydrogen) atoms. The zero-order chi connectivity index (χ0) is 15.6. The van der Waals surface area contributed by atoms with Gasteiger partial charge in [0.25, 0.3) is 0 Å². The SMILES string of the molecule is Cc1cc(C)c(C(=O)[C@H](Br)[C@@H](Br)c2ccccc2)c(C)c1. The van der Waals surface area contributed by atoms with Crippen LogP contribution in [0.3, 0.4) is 0 Å². The van der Waals surface area contributed by atoms with Gasteiger partial charge in [0, 0.05) is 5.56 Å². The monoisotopic (exact) mass is 408 g/mol. The van der Waals surface area contributed by atoms with Gasteiger partial charge in [-0.1, -0.05) is 79.9 Å². The lowest BCUT2D eigenvalue weighted by Crippen LogP contribution is -2.21. The third kappa shape index (κ3) is 3.64. The molecule has 0 aliphatic heterocycles. The van der Waals surface area contributed by atoms with Gasteiger partial charge in [-0.25, -0.2) is 0 Å². The molecule has 0 N–H and O–H groups in total. The van der Waals surface area contributed by atoms with E-state index in [-0.39, 0.29) is 15.4 Å². The number of alkyl halides is 2. The highest BCUT2D eigenvalue weighted by atomic mass is 79.9. The Kier molecular flexibility index (Phi) is 5.39. The molecule has 1 nitrogen and oxygen atoms in total. The van der Waals surface area contributed by atoms with E-state index in [0.717, 1.165) is 22.3 Å². The molecule has 0 fully saturated rings. The first-order valence-corrected chi connectivity index (χ1v) is 8.70. The van der Waals surface area contributed by atoms with Crippen molar-refractivity contribution in [1.29, 1.82) is 0 Å². The lowest BCUT2D eigenvalue weighted by atomic mass is 9.93. The van der Waals surface area contributed by atoms with Crippen LogP contribution in [-0.2, 0) is 0 Å². The Hall–Kier alpha value is -0.930. The molecule has 2 aromatic rings. The summed E-state index contributed by atoms with van der Waals surface area (Å²) in [6.07, 6.45) is 0. The molecule has 110 valence electrons. The van der Waals surface area contributed by atoms with Crippen LogP contribution >= 0.6 is 31.9 Å². The first-order chi connectivity index (χ1) is 9.91. The van der Waals surface area contributed by atoms with Gasteiger partial charge >= 0.3 is 0 Å². The number of aryl methyl sites for hydroxylation is 3. The Bertz CT molecular complexity index is 627. The molecule has 2 aromatic carbocycles. The lowest BCUT2D eigenvalue weighted by Gasteiger charge is -2.19. The minimum atomic E-state index is -0.292. The van der Waals surface area contributed by atoms with Crippen LogP contribution in [-0.4, -0.2) is 10.6 Å². The van der Waals surface area contributed by atoms with E-state index >= 15 is 0 Å². The van der Waals surface area contributed by atoms with Crippen LogP contribution in [0.1, 0.15) is 37.4 Å². The fourth-order valence-corrected chi connectivity index (χ4v) is 3.72. The lowest BCUT2D eigenvalue weighted by molar-refractivity contribution is 0.0989.